The number of rotatable bonds is 6. The van der Waals surface area contributed by atoms with E-state index in [1.54, 1.807) is 6.07 Å². The van der Waals surface area contributed by atoms with Crippen LogP contribution in [0.2, 0.25) is 0 Å². The second kappa shape index (κ2) is 9.14. The molecule has 4 rings (SSSR count). The van der Waals surface area contributed by atoms with Crippen LogP contribution < -0.4 is 10.6 Å². The number of ether oxygens (including phenoxy) is 1. The van der Waals surface area contributed by atoms with Crippen molar-refractivity contribution in [1.82, 2.24) is 4.98 Å². The van der Waals surface area contributed by atoms with Crippen LogP contribution in [0.1, 0.15) is 19.8 Å². The van der Waals surface area contributed by atoms with E-state index in [9.17, 15) is 14.3 Å². The van der Waals surface area contributed by atoms with Crippen molar-refractivity contribution >= 4 is 17.4 Å². The lowest BCUT2D eigenvalue weighted by Gasteiger charge is -2.15. The van der Waals surface area contributed by atoms with Crippen molar-refractivity contribution in [3.8, 4) is 28.1 Å². The number of carbonyl (C=O) groups is 1. The van der Waals surface area contributed by atoms with Crippen LogP contribution in [0.4, 0.5) is 15.9 Å². The first-order chi connectivity index (χ1) is 15.0. The van der Waals surface area contributed by atoms with Gasteiger partial charge < -0.3 is 20.5 Å². The number of anilines is 2. The van der Waals surface area contributed by atoms with Gasteiger partial charge in [0, 0.05) is 31.3 Å². The van der Waals surface area contributed by atoms with E-state index >= 15 is 0 Å². The first kappa shape index (κ1) is 20.8. The van der Waals surface area contributed by atoms with E-state index in [1.807, 2.05) is 30.3 Å². The minimum absolute atomic E-state index is 0.0443. The second-order valence-electron chi connectivity index (χ2n) is 7.56. The molecule has 1 unspecified atom stereocenters. The molecule has 0 spiro atoms. The molecule has 160 valence electrons. The number of halogens is 1. The van der Waals surface area contributed by atoms with Crippen LogP contribution in [-0.4, -0.2) is 35.3 Å². The molecule has 1 aliphatic heterocycles. The van der Waals surface area contributed by atoms with Gasteiger partial charge >= 0.3 is 0 Å². The third-order valence-corrected chi connectivity index (χ3v) is 5.13. The Labute approximate surface area is 180 Å². The highest BCUT2D eigenvalue weighted by Gasteiger charge is 2.16. The number of phenols is 1. The van der Waals surface area contributed by atoms with Crippen molar-refractivity contribution in [1.29, 1.82) is 0 Å². The molecule has 1 aliphatic rings. The molecular weight excluding hydrogens is 397 g/mol. The first-order valence-corrected chi connectivity index (χ1v) is 10.2. The Bertz CT molecular complexity index is 1080. The summed E-state index contributed by atoms with van der Waals surface area (Å²) in [6, 6.07) is 14.9. The molecule has 2 heterocycles. The summed E-state index contributed by atoms with van der Waals surface area (Å²) in [5.41, 5.74) is 3.21. The van der Waals surface area contributed by atoms with Crippen molar-refractivity contribution in [3.63, 3.8) is 0 Å². The molecule has 0 radical (unpaired) electrons. The molecule has 2 aromatic carbocycles. The maximum atomic E-state index is 13.9. The fourth-order valence-corrected chi connectivity index (χ4v) is 3.61. The summed E-state index contributed by atoms with van der Waals surface area (Å²) < 4.78 is 19.5. The fraction of sp³-hybridized carbons (Fsp3) is 0.250. The number of phenolic OH excluding ortho intramolecular Hbond substituents is 1. The van der Waals surface area contributed by atoms with Gasteiger partial charge in [-0.05, 0) is 66.4 Å². The molecule has 1 saturated heterocycles. The Morgan fingerprint density at radius 2 is 1.97 bits per heavy atom. The van der Waals surface area contributed by atoms with Crippen LogP contribution in [-0.2, 0) is 9.53 Å². The summed E-state index contributed by atoms with van der Waals surface area (Å²) in [6.45, 7) is 2.84. The maximum Gasteiger partial charge on any atom is 0.221 e. The molecular formula is C24H24FN3O3. The summed E-state index contributed by atoms with van der Waals surface area (Å²) in [4.78, 5) is 15.9. The van der Waals surface area contributed by atoms with Crippen LogP contribution in [0.3, 0.4) is 0 Å². The predicted octanol–water partition coefficient (Wildman–Crippen LogP) is 4.81. The monoisotopic (exact) mass is 421 g/mol. The van der Waals surface area contributed by atoms with E-state index in [0.717, 1.165) is 30.6 Å². The average molecular weight is 421 g/mol. The number of pyridine rings is 1. The van der Waals surface area contributed by atoms with Crippen LogP contribution in [0, 0.1) is 5.82 Å². The SMILES string of the molecule is CC(=O)Nc1ccc(-c2cc(NCC3CCCO3)nc(-c3cc(F)ccc3O)c2)cc1. The molecule has 3 aromatic rings. The highest BCUT2D eigenvalue weighted by atomic mass is 19.1. The zero-order chi connectivity index (χ0) is 21.8. The minimum Gasteiger partial charge on any atom is -0.507 e. The number of amides is 1. The average Bonchev–Trinajstić information content (AvgIpc) is 3.28. The maximum absolute atomic E-state index is 13.9. The summed E-state index contributed by atoms with van der Waals surface area (Å²) in [5.74, 6) is -0.0237. The number of nitrogens with one attached hydrogen (secondary N) is 2. The molecule has 1 fully saturated rings. The molecule has 3 N–H and O–H groups in total. The van der Waals surface area contributed by atoms with Gasteiger partial charge in [-0.2, -0.15) is 0 Å². The lowest BCUT2D eigenvalue weighted by Crippen LogP contribution is -2.19. The van der Waals surface area contributed by atoms with Crippen molar-refractivity contribution in [2.24, 2.45) is 0 Å². The topological polar surface area (TPSA) is 83.5 Å². The van der Waals surface area contributed by atoms with Gasteiger partial charge in [0.2, 0.25) is 5.91 Å². The van der Waals surface area contributed by atoms with Crippen LogP contribution in [0.25, 0.3) is 22.4 Å². The molecule has 0 aliphatic carbocycles. The van der Waals surface area contributed by atoms with E-state index in [4.69, 9.17) is 4.74 Å². The van der Waals surface area contributed by atoms with Gasteiger partial charge in [0.1, 0.15) is 17.4 Å². The van der Waals surface area contributed by atoms with Gasteiger partial charge in [0.15, 0.2) is 0 Å². The standard InChI is InChI=1S/C24H24FN3O3/c1-15(29)27-19-7-4-16(5-8-19)17-11-22(21-13-18(25)6-9-23(21)30)28-24(12-17)26-14-20-3-2-10-31-20/h4-9,11-13,20,30H,2-3,10,14H2,1H3,(H,26,28)(H,27,29). The van der Waals surface area contributed by atoms with E-state index in [1.165, 1.54) is 25.1 Å². The van der Waals surface area contributed by atoms with Crippen LogP contribution in [0.15, 0.2) is 54.6 Å². The van der Waals surface area contributed by atoms with Crippen molar-refractivity contribution < 1.29 is 19.0 Å². The van der Waals surface area contributed by atoms with E-state index in [0.29, 0.717) is 29.3 Å². The Balaban J connectivity index is 1.70. The Morgan fingerprint density at radius 1 is 1.16 bits per heavy atom. The van der Waals surface area contributed by atoms with E-state index < -0.39 is 5.82 Å². The lowest BCUT2D eigenvalue weighted by molar-refractivity contribution is -0.114. The molecule has 1 aromatic heterocycles. The summed E-state index contributed by atoms with van der Waals surface area (Å²) >= 11 is 0. The van der Waals surface area contributed by atoms with Gasteiger partial charge in [-0.15, -0.1) is 0 Å². The molecule has 6 nitrogen and oxygen atoms in total. The van der Waals surface area contributed by atoms with Gasteiger partial charge in [0.05, 0.1) is 11.8 Å². The largest absolute Gasteiger partial charge is 0.507 e. The number of carbonyl (C=O) groups excluding carboxylic acids is 1. The Hall–Kier alpha value is -3.45. The third kappa shape index (κ3) is 5.19. The predicted molar refractivity (Wildman–Crippen MR) is 118 cm³/mol. The van der Waals surface area contributed by atoms with Gasteiger partial charge in [-0.25, -0.2) is 9.37 Å². The second-order valence-corrected chi connectivity index (χ2v) is 7.56. The van der Waals surface area contributed by atoms with Crippen molar-refractivity contribution in [2.45, 2.75) is 25.9 Å². The normalized spacial score (nSPS) is 15.6. The number of benzene rings is 2. The minimum atomic E-state index is -0.450. The molecule has 31 heavy (non-hydrogen) atoms. The lowest BCUT2D eigenvalue weighted by atomic mass is 10.0. The smallest absolute Gasteiger partial charge is 0.221 e. The number of aromatic hydroxyl groups is 1. The molecule has 7 heteroatoms. The highest BCUT2D eigenvalue weighted by molar-refractivity contribution is 5.89. The van der Waals surface area contributed by atoms with E-state index in [2.05, 4.69) is 15.6 Å². The number of nitrogens with zero attached hydrogens (tertiary/aromatic N) is 1. The number of hydrogen-bond acceptors (Lipinski definition) is 5. The third-order valence-electron chi connectivity index (χ3n) is 5.13. The Morgan fingerprint density at radius 3 is 2.68 bits per heavy atom. The van der Waals surface area contributed by atoms with Crippen molar-refractivity contribution in [3.05, 3.63) is 60.4 Å². The molecule has 0 saturated carbocycles. The van der Waals surface area contributed by atoms with Crippen LogP contribution >= 0.6 is 0 Å². The van der Waals surface area contributed by atoms with Crippen LogP contribution in [0.5, 0.6) is 5.75 Å². The zero-order valence-corrected chi connectivity index (χ0v) is 17.2. The fourth-order valence-electron chi connectivity index (χ4n) is 3.61. The van der Waals surface area contributed by atoms with Gasteiger partial charge in [-0.3, -0.25) is 4.79 Å². The number of hydrogen-bond donors (Lipinski definition) is 3. The summed E-state index contributed by atoms with van der Waals surface area (Å²) in [5, 5.41) is 16.3. The van der Waals surface area contributed by atoms with Gasteiger partial charge in [-0.1, -0.05) is 12.1 Å². The quantitative estimate of drug-likeness (QED) is 0.532. The summed E-state index contributed by atoms with van der Waals surface area (Å²) in [6.07, 6.45) is 2.17. The molecule has 1 amide bonds. The number of aromatic nitrogens is 1. The highest BCUT2D eigenvalue weighted by Crippen LogP contribution is 2.33. The first-order valence-electron chi connectivity index (χ1n) is 10.2. The Kier molecular flexibility index (Phi) is 6.13. The van der Waals surface area contributed by atoms with Crippen molar-refractivity contribution in [2.75, 3.05) is 23.8 Å². The van der Waals surface area contributed by atoms with E-state index in [-0.39, 0.29) is 17.8 Å². The summed E-state index contributed by atoms with van der Waals surface area (Å²) in [7, 11) is 0. The molecule has 0 bridgehead atoms. The van der Waals surface area contributed by atoms with Gasteiger partial charge in [0.25, 0.3) is 0 Å². The molecule has 1 atom stereocenters. The zero-order valence-electron chi connectivity index (χ0n) is 17.2.